The number of hydrogen-bond donors (Lipinski definition) is 0. The van der Waals surface area contributed by atoms with E-state index < -0.39 is 8.07 Å². The van der Waals surface area contributed by atoms with Crippen LogP contribution < -0.4 is 14.8 Å². The van der Waals surface area contributed by atoms with Gasteiger partial charge in [-0.3, -0.25) is 0 Å². The van der Waals surface area contributed by atoms with Gasteiger partial charge < -0.3 is 9.64 Å². The second-order valence-electron chi connectivity index (χ2n) is 14.6. The van der Waals surface area contributed by atoms with Crippen LogP contribution in [0.3, 0.4) is 0 Å². The molecule has 248 valence electrons. The predicted molar refractivity (Wildman–Crippen MR) is 215 cm³/mol. The zero-order chi connectivity index (χ0) is 34.8. The van der Waals surface area contributed by atoms with Gasteiger partial charge in [-0.25, -0.2) is 4.58 Å². The van der Waals surface area contributed by atoms with Gasteiger partial charge in [0.05, 0.1) is 7.11 Å². The lowest BCUT2D eigenvalue weighted by molar-refractivity contribution is -0.462. The maximum Gasteiger partial charge on any atom is 0.199 e. The molecule has 1 aliphatic carbocycles. The quantitative estimate of drug-likeness (QED) is 0.102. The minimum absolute atomic E-state index is 0.920. The van der Waals surface area contributed by atoms with Crippen molar-refractivity contribution >= 4 is 51.8 Å². The Morgan fingerprint density at radius 3 is 2.04 bits per heavy atom. The summed E-state index contributed by atoms with van der Waals surface area (Å²) in [5.74, 6) is 0.920. The molecule has 49 heavy (non-hydrogen) atoms. The van der Waals surface area contributed by atoms with Crippen LogP contribution in [-0.2, 0) is 12.8 Å². The first-order chi connectivity index (χ1) is 23.5. The molecule has 5 aromatic carbocycles. The maximum absolute atomic E-state index is 6.17. The number of benzene rings is 5. The van der Waals surface area contributed by atoms with E-state index in [9.17, 15) is 0 Å². The molecular weight excluding hydrogens is 613 g/mol. The Bertz CT molecular complexity index is 2310. The molecule has 3 nitrogen and oxygen atoms in total. The Labute approximate surface area is 293 Å². The molecule has 0 bridgehead atoms. The molecular formula is C45H49N2OSi+. The van der Waals surface area contributed by atoms with Gasteiger partial charge in [0.25, 0.3) is 0 Å². The predicted octanol–water partition coefficient (Wildman–Crippen LogP) is 9.65. The molecule has 7 rings (SSSR count). The Hall–Kier alpha value is -4.67. The molecule has 0 saturated heterocycles. The lowest BCUT2D eigenvalue weighted by Gasteiger charge is -2.38. The average molecular weight is 662 g/mol. The molecule has 0 amide bonds. The van der Waals surface area contributed by atoms with Crippen molar-refractivity contribution in [1.82, 2.24) is 0 Å². The largest absolute Gasteiger partial charge is 0.496 e. The van der Waals surface area contributed by atoms with Crippen LogP contribution in [0, 0.1) is 6.92 Å². The minimum Gasteiger partial charge on any atom is -0.496 e. The molecule has 0 radical (unpaired) electrons. The van der Waals surface area contributed by atoms with E-state index in [2.05, 4.69) is 163 Å². The fraction of sp³-hybridized carbons (Fsp3) is 0.267. The van der Waals surface area contributed by atoms with E-state index >= 15 is 0 Å². The van der Waals surface area contributed by atoms with Crippen LogP contribution in [0.25, 0.3) is 38.2 Å². The zero-order valence-electron chi connectivity index (χ0n) is 30.9. The molecule has 0 spiro atoms. The number of methoxy groups -OCH3 is 1. The fourth-order valence-corrected chi connectivity index (χ4v) is 11.4. The lowest BCUT2D eigenvalue weighted by atomic mass is 9.84. The average Bonchev–Trinajstić information content (AvgIpc) is 3.10. The van der Waals surface area contributed by atoms with E-state index in [1.165, 1.54) is 93.4 Å². The minimum atomic E-state index is -2.06. The van der Waals surface area contributed by atoms with E-state index in [0.29, 0.717) is 0 Å². The number of rotatable bonds is 6. The molecule has 0 fully saturated rings. The highest BCUT2D eigenvalue weighted by Gasteiger charge is 2.41. The van der Waals surface area contributed by atoms with Crippen LogP contribution in [0.15, 0.2) is 102 Å². The number of fused-ring (bicyclic) bond motifs is 4. The highest BCUT2D eigenvalue weighted by molar-refractivity contribution is 6.98. The van der Waals surface area contributed by atoms with Crippen molar-refractivity contribution in [2.75, 3.05) is 40.2 Å². The van der Waals surface area contributed by atoms with Crippen molar-refractivity contribution in [3.63, 3.8) is 0 Å². The maximum atomic E-state index is 6.17. The van der Waals surface area contributed by atoms with E-state index in [1.807, 2.05) is 0 Å². The number of aryl methyl sites for hydroxylation is 2. The molecule has 2 aliphatic rings. The van der Waals surface area contributed by atoms with Crippen molar-refractivity contribution in [3.8, 4) is 16.9 Å². The van der Waals surface area contributed by atoms with E-state index in [4.69, 9.17) is 4.74 Å². The van der Waals surface area contributed by atoms with Crippen molar-refractivity contribution in [1.29, 1.82) is 0 Å². The highest BCUT2D eigenvalue weighted by atomic mass is 28.3. The molecule has 5 aromatic rings. The SMILES string of the molecule is CCc1c2ccccc2c(CC)c2cc(-c3cc(OC)c(C)c(C4=C5C=CC(=[N+](C)C)C=C5[Si](C)(C)c5cc(N(C)C)ccc54)c3)ccc12. The third-order valence-electron chi connectivity index (χ3n) is 11.1. The Balaban J connectivity index is 1.53. The number of ether oxygens (including phenoxy) is 1. The third-order valence-corrected chi connectivity index (χ3v) is 14.6. The van der Waals surface area contributed by atoms with Crippen LogP contribution in [-0.4, -0.2) is 53.7 Å². The monoisotopic (exact) mass is 661 g/mol. The molecule has 4 heteroatoms. The molecule has 0 unspecified atom stereocenters. The van der Waals surface area contributed by atoms with Crippen molar-refractivity contribution in [3.05, 3.63) is 130 Å². The van der Waals surface area contributed by atoms with E-state index in [0.717, 1.165) is 18.6 Å². The van der Waals surface area contributed by atoms with Crippen molar-refractivity contribution in [2.24, 2.45) is 0 Å². The first-order valence-corrected chi connectivity index (χ1v) is 20.7. The summed E-state index contributed by atoms with van der Waals surface area (Å²) in [6.45, 7) is 11.8. The van der Waals surface area contributed by atoms with Crippen LogP contribution in [0.2, 0.25) is 13.1 Å². The smallest absolute Gasteiger partial charge is 0.199 e. The van der Waals surface area contributed by atoms with Gasteiger partial charge in [0.1, 0.15) is 27.9 Å². The summed E-state index contributed by atoms with van der Waals surface area (Å²) in [7, 11) is 8.31. The van der Waals surface area contributed by atoms with Crippen molar-refractivity contribution < 1.29 is 9.31 Å². The van der Waals surface area contributed by atoms with Gasteiger partial charge in [0, 0.05) is 31.9 Å². The third kappa shape index (κ3) is 5.20. The lowest BCUT2D eigenvalue weighted by Crippen LogP contribution is -2.49. The topological polar surface area (TPSA) is 15.5 Å². The molecule has 1 aliphatic heterocycles. The zero-order valence-corrected chi connectivity index (χ0v) is 31.9. The standard InChI is InChI=1S/C45H49N2OSi/c1-11-33-35-15-13-14-16-36(35)34(12-2)41-23-29(17-20-37(33)41)30-24-40(28(3)42(25-30)48-8)45-38-21-18-31(46(4)5)26-43(38)49(9,10)44-27-32(47(6)7)19-22-39(44)45/h13-27H,11-12H2,1-10H3/q+1. The second-order valence-corrected chi connectivity index (χ2v) is 18.9. The van der Waals surface area contributed by atoms with Gasteiger partial charge in [-0.05, 0) is 138 Å². The summed E-state index contributed by atoms with van der Waals surface area (Å²) in [4.78, 5) is 2.22. The molecule has 1 heterocycles. The molecule has 0 atom stereocenters. The summed E-state index contributed by atoms with van der Waals surface area (Å²) in [5, 5.41) is 8.45. The summed E-state index contributed by atoms with van der Waals surface area (Å²) in [5.41, 5.74) is 14.2. The van der Waals surface area contributed by atoms with Gasteiger partial charge in [-0.15, -0.1) is 0 Å². The fourth-order valence-electron chi connectivity index (χ4n) is 8.30. The Kier molecular flexibility index (Phi) is 8.27. The number of anilines is 1. The van der Waals surface area contributed by atoms with Gasteiger partial charge in [-0.2, -0.15) is 0 Å². The van der Waals surface area contributed by atoms with E-state index in [-0.39, 0.29) is 0 Å². The first kappa shape index (κ1) is 32.9. The summed E-state index contributed by atoms with van der Waals surface area (Å²) in [6, 6.07) is 27.8. The van der Waals surface area contributed by atoms with E-state index in [1.54, 1.807) is 7.11 Å². The van der Waals surface area contributed by atoms with Gasteiger partial charge in [-0.1, -0.05) is 69.4 Å². The van der Waals surface area contributed by atoms with Crippen LogP contribution >= 0.6 is 0 Å². The Morgan fingerprint density at radius 2 is 1.41 bits per heavy atom. The highest BCUT2D eigenvalue weighted by Crippen LogP contribution is 2.45. The summed E-state index contributed by atoms with van der Waals surface area (Å²) >= 11 is 0. The molecule has 0 saturated carbocycles. The van der Waals surface area contributed by atoms with Crippen LogP contribution in [0.4, 0.5) is 5.69 Å². The number of allylic oxidation sites excluding steroid dienone is 5. The van der Waals surface area contributed by atoms with Crippen LogP contribution in [0.5, 0.6) is 5.75 Å². The molecule has 0 N–H and O–H groups in total. The normalized spacial score (nSPS) is 15.0. The van der Waals surface area contributed by atoms with Crippen molar-refractivity contribution in [2.45, 2.75) is 46.7 Å². The van der Waals surface area contributed by atoms with Gasteiger partial charge in [0.15, 0.2) is 5.71 Å². The summed E-state index contributed by atoms with van der Waals surface area (Å²) in [6.07, 6.45) is 9.10. The number of hydrogen-bond acceptors (Lipinski definition) is 2. The molecule has 0 aromatic heterocycles. The van der Waals surface area contributed by atoms with Crippen LogP contribution in [0.1, 0.15) is 41.7 Å². The first-order valence-electron chi connectivity index (χ1n) is 17.7. The Morgan fingerprint density at radius 1 is 0.735 bits per heavy atom. The number of nitrogens with zero attached hydrogens (tertiary/aromatic N) is 2. The second kappa shape index (κ2) is 12.3. The van der Waals surface area contributed by atoms with Gasteiger partial charge >= 0.3 is 0 Å². The van der Waals surface area contributed by atoms with Gasteiger partial charge in [0.2, 0.25) is 0 Å². The summed E-state index contributed by atoms with van der Waals surface area (Å²) < 4.78 is 8.39.